The van der Waals surface area contributed by atoms with Crippen LogP contribution in [0.15, 0.2) is 16.5 Å². The van der Waals surface area contributed by atoms with Gasteiger partial charge in [-0.25, -0.2) is 0 Å². The number of halogens is 1. The Bertz CT molecular complexity index is 388. The third-order valence-electron chi connectivity index (χ3n) is 2.94. The summed E-state index contributed by atoms with van der Waals surface area (Å²) in [6, 6.07) is 3.14. The Morgan fingerprint density at radius 3 is 2.89 bits per heavy atom. The quantitative estimate of drug-likeness (QED) is 0.783. The standard InChI is InChI=1S/C12H18ClN3O2/c13-11-3-2-10(18-11)12(17)15-4-1-7-16-8-5-14-6-9-16/h2-3,14H,1,4-9H2,(H,15,17). The zero-order valence-electron chi connectivity index (χ0n) is 10.2. The molecule has 0 unspecified atom stereocenters. The van der Waals surface area contributed by atoms with Gasteiger partial charge in [-0.15, -0.1) is 0 Å². The van der Waals surface area contributed by atoms with Crippen molar-refractivity contribution >= 4 is 17.5 Å². The van der Waals surface area contributed by atoms with Crippen LogP contribution >= 0.6 is 11.6 Å². The minimum Gasteiger partial charge on any atom is -0.440 e. The summed E-state index contributed by atoms with van der Waals surface area (Å²) in [4.78, 5) is 14.0. The minimum atomic E-state index is -0.206. The largest absolute Gasteiger partial charge is 0.440 e. The van der Waals surface area contributed by atoms with Gasteiger partial charge in [0.05, 0.1) is 0 Å². The van der Waals surface area contributed by atoms with Crippen molar-refractivity contribution in [1.29, 1.82) is 0 Å². The predicted molar refractivity (Wildman–Crippen MR) is 70.0 cm³/mol. The Morgan fingerprint density at radius 1 is 1.44 bits per heavy atom. The number of piperazine rings is 1. The van der Waals surface area contributed by atoms with Crippen molar-refractivity contribution in [2.75, 3.05) is 39.3 Å². The minimum absolute atomic E-state index is 0.206. The number of furan rings is 1. The molecule has 0 aromatic carbocycles. The van der Waals surface area contributed by atoms with Gasteiger partial charge in [-0.2, -0.15) is 0 Å². The summed E-state index contributed by atoms with van der Waals surface area (Å²) in [6.07, 6.45) is 0.945. The van der Waals surface area contributed by atoms with Gasteiger partial charge in [0.15, 0.2) is 11.0 Å². The Labute approximate surface area is 111 Å². The molecular formula is C12H18ClN3O2. The van der Waals surface area contributed by atoms with E-state index in [0.29, 0.717) is 6.54 Å². The maximum absolute atomic E-state index is 11.6. The van der Waals surface area contributed by atoms with Crippen LogP contribution in [-0.4, -0.2) is 50.1 Å². The molecule has 1 aromatic rings. The summed E-state index contributed by atoms with van der Waals surface area (Å²) in [6.45, 7) is 5.94. The van der Waals surface area contributed by atoms with Crippen LogP contribution < -0.4 is 10.6 Å². The maximum Gasteiger partial charge on any atom is 0.287 e. The monoisotopic (exact) mass is 271 g/mol. The third-order valence-corrected chi connectivity index (χ3v) is 3.15. The average molecular weight is 272 g/mol. The Kier molecular flexibility index (Phi) is 5.04. The van der Waals surface area contributed by atoms with Crippen LogP contribution in [0.4, 0.5) is 0 Å². The number of carbonyl (C=O) groups excluding carboxylic acids is 1. The number of hydrogen-bond acceptors (Lipinski definition) is 4. The Hall–Kier alpha value is -1.04. The third kappa shape index (κ3) is 4.01. The fourth-order valence-electron chi connectivity index (χ4n) is 1.96. The fourth-order valence-corrected chi connectivity index (χ4v) is 2.11. The van der Waals surface area contributed by atoms with Crippen molar-refractivity contribution in [1.82, 2.24) is 15.5 Å². The molecule has 0 bridgehead atoms. The smallest absolute Gasteiger partial charge is 0.287 e. The van der Waals surface area contributed by atoms with Gasteiger partial charge >= 0.3 is 0 Å². The summed E-state index contributed by atoms with van der Waals surface area (Å²) in [5.74, 6) is 0.0596. The highest BCUT2D eigenvalue weighted by atomic mass is 35.5. The van der Waals surface area contributed by atoms with E-state index in [1.165, 1.54) is 0 Å². The molecule has 5 nitrogen and oxygen atoms in total. The molecule has 0 spiro atoms. The molecule has 1 fully saturated rings. The van der Waals surface area contributed by atoms with Gasteiger partial charge in [0, 0.05) is 32.7 Å². The topological polar surface area (TPSA) is 57.5 Å². The average Bonchev–Trinajstić information content (AvgIpc) is 2.82. The molecule has 0 saturated carbocycles. The van der Waals surface area contributed by atoms with Crippen molar-refractivity contribution in [3.05, 3.63) is 23.1 Å². The van der Waals surface area contributed by atoms with Gasteiger partial charge in [-0.1, -0.05) is 0 Å². The molecule has 0 atom stereocenters. The first-order chi connectivity index (χ1) is 8.75. The first-order valence-electron chi connectivity index (χ1n) is 6.22. The van der Waals surface area contributed by atoms with Gasteiger partial charge in [0.2, 0.25) is 0 Å². The zero-order valence-corrected chi connectivity index (χ0v) is 11.0. The van der Waals surface area contributed by atoms with E-state index < -0.39 is 0 Å². The first kappa shape index (κ1) is 13.4. The molecule has 2 heterocycles. The van der Waals surface area contributed by atoms with Gasteiger partial charge in [0.1, 0.15) is 0 Å². The number of amides is 1. The van der Waals surface area contributed by atoms with Crippen molar-refractivity contribution in [3.63, 3.8) is 0 Å². The van der Waals surface area contributed by atoms with Crippen molar-refractivity contribution in [3.8, 4) is 0 Å². The lowest BCUT2D eigenvalue weighted by atomic mass is 10.3. The van der Waals surface area contributed by atoms with Gasteiger partial charge in [-0.05, 0) is 36.7 Å². The van der Waals surface area contributed by atoms with Crippen LogP contribution in [0.2, 0.25) is 5.22 Å². The molecule has 1 aromatic heterocycles. The molecule has 0 aliphatic carbocycles. The number of nitrogens with one attached hydrogen (secondary N) is 2. The Balaban J connectivity index is 1.61. The molecule has 100 valence electrons. The molecule has 1 aliphatic heterocycles. The number of nitrogens with zero attached hydrogens (tertiary/aromatic N) is 1. The van der Waals surface area contributed by atoms with Crippen molar-refractivity contribution in [2.45, 2.75) is 6.42 Å². The molecular weight excluding hydrogens is 254 g/mol. The number of carbonyl (C=O) groups is 1. The second-order valence-corrected chi connectivity index (χ2v) is 4.68. The van der Waals surface area contributed by atoms with Crippen LogP contribution in [0.25, 0.3) is 0 Å². The number of hydrogen-bond donors (Lipinski definition) is 2. The van der Waals surface area contributed by atoms with Crippen LogP contribution in [0, 0.1) is 0 Å². The summed E-state index contributed by atoms with van der Waals surface area (Å²) in [5, 5.41) is 6.37. The van der Waals surface area contributed by atoms with Crippen LogP contribution in [0.1, 0.15) is 17.0 Å². The van der Waals surface area contributed by atoms with Gasteiger partial charge < -0.3 is 20.0 Å². The summed E-state index contributed by atoms with van der Waals surface area (Å²) in [7, 11) is 0. The van der Waals surface area contributed by atoms with E-state index in [2.05, 4.69) is 15.5 Å². The second kappa shape index (κ2) is 6.78. The molecule has 2 N–H and O–H groups in total. The van der Waals surface area contributed by atoms with E-state index in [1.807, 2.05) is 0 Å². The van der Waals surface area contributed by atoms with Crippen LogP contribution in [-0.2, 0) is 0 Å². The van der Waals surface area contributed by atoms with E-state index >= 15 is 0 Å². The first-order valence-corrected chi connectivity index (χ1v) is 6.60. The van der Waals surface area contributed by atoms with Gasteiger partial charge in [0.25, 0.3) is 5.91 Å². The lowest BCUT2D eigenvalue weighted by Gasteiger charge is -2.26. The highest BCUT2D eigenvalue weighted by Crippen LogP contribution is 2.12. The van der Waals surface area contributed by atoms with E-state index in [-0.39, 0.29) is 16.9 Å². The zero-order chi connectivity index (χ0) is 12.8. The van der Waals surface area contributed by atoms with Gasteiger partial charge in [-0.3, -0.25) is 4.79 Å². The molecule has 1 aliphatic rings. The molecule has 2 rings (SSSR count). The van der Waals surface area contributed by atoms with E-state index in [9.17, 15) is 4.79 Å². The molecule has 1 amide bonds. The molecule has 18 heavy (non-hydrogen) atoms. The summed E-state index contributed by atoms with van der Waals surface area (Å²) >= 11 is 5.61. The van der Waals surface area contributed by atoms with Crippen LogP contribution in [0.3, 0.4) is 0 Å². The van der Waals surface area contributed by atoms with E-state index in [1.54, 1.807) is 12.1 Å². The summed E-state index contributed by atoms with van der Waals surface area (Å²) in [5.41, 5.74) is 0. The highest BCUT2D eigenvalue weighted by molar-refractivity contribution is 6.29. The molecule has 0 radical (unpaired) electrons. The highest BCUT2D eigenvalue weighted by Gasteiger charge is 2.11. The normalized spacial score (nSPS) is 16.7. The van der Waals surface area contributed by atoms with E-state index in [4.69, 9.17) is 16.0 Å². The second-order valence-electron chi connectivity index (χ2n) is 4.30. The molecule has 6 heteroatoms. The number of rotatable bonds is 5. The molecule has 1 saturated heterocycles. The van der Waals surface area contributed by atoms with Crippen molar-refractivity contribution in [2.24, 2.45) is 0 Å². The fraction of sp³-hybridized carbons (Fsp3) is 0.583. The lowest BCUT2D eigenvalue weighted by molar-refractivity contribution is 0.0923. The van der Waals surface area contributed by atoms with Crippen molar-refractivity contribution < 1.29 is 9.21 Å². The SMILES string of the molecule is O=C(NCCCN1CCNCC1)c1ccc(Cl)o1. The Morgan fingerprint density at radius 2 is 2.22 bits per heavy atom. The van der Waals surface area contributed by atoms with Crippen LogP contribution in [0.5, 0.6) is 0 Å². The van der Waals surface area contributed by atoms with E-state index in [0.717, 1.165) is 39.1 Å². The lowest BCUT2D eigenvalue weighted by Crippen LogP contribution is -2.44. The predicted octanol–water partition coefficient (Wildman–Crippen LogP) is 0.958. The summed E-state index contributed by atoms with van der Waals surface area (Å²) < 4.78 is 5.03. The maximum atomic E-state index is 11.6.